The fraction of sp³-hybridized carbons (Fsp3) is 0.778. The fourth-order valence-electron chi connectivity index (χ4n) is 1.55. The lowest BCUT2D eigenvalue weighted by Gasteiger charge is -2.25. The number of nitrogens with zero attached hydrogens (tertiary/aromatic N) is 3. The van der Waals surface area contributed by atoms with Crippen LogP contribution in [-0.4, -0.2) is 21.3 Å². The van der Waals surface area contributed by atoms with E-state index in [4.69, 9.17) is 0 Å². The van der Waals surface area contributed by atoms with Crippen LogP contribution in [-0.2, 0) is 13.6 Å². The van der Waals surface area contributed by atoms with E-state index in [1.54, 1.807) is 11.0 Å². The Balaban J connectivity index is 1.67. The summed E-state index contributed by atoms with van der Waals surface area (Å²) in [6.45, 7) is 1.93. The molecule has 0 atom stereocenters. The van der Waals surface area contributed by atoms with E-state index in [1.165, 1.54) is 19.3 Å². The highest BCUT2D eigenvalue weighted by Crippen LogP contribution is 2.25. The first-order valence-corrected chi connectivity index (χ1v) is 4.90. The molecule has 1 aromatic rings. The number of aryl methyl sites for hydroxylation is 1. The lowest BCUT2D eigenvalue weighted by Crippen LogP contribution is -2.27. The van der Waals surface area contributed by atoms with Crippen LogP contribution in [0.4, 0.5) is 0 Å². The largest absolute Gasteiger partial charge is 0.310 e. The first-order valence-electron chi connectivity index (χ1n) is 4.90. The van der Waals surface area contributed by atoms with Gasteiger partial charge in [-0.2, -0.15) is 5.10 Å². The van der Waals surface area contributed by atoms with Crippen LogP contribution in [0.5, 0.6) is 0 Å². The summed E-state index contributed by atoms with van der Waals surface area (Å²) in [5.74, 6) is 1.80. The molecule has 13 heavy (non-hydrogen) atoms. The molecule has 1 aromatic heterocycles. The van der Waals surface area contributed by atoms with Crippen molar-refractivity contribution in [3.63, 3.8) is 0 Å². The Hall–Kier alpha value is -0.900. The molecule has 0 aromatic carbocycles. The molecule has 1 N–H and O–H groups in total. The maximum atomic E-state index is 4.19. The average Bonchev–Trinajstić information content (AvgIpc) is 2.42. The van der Waals surface area contributed by atoms with Crippen LogP contribution in [0.25, 0.3) is 0 Å². The molecular formula is C9H16N4. The molecule has 1 heterocycles. The smallest absolute Gasteiger partial charge is 0.164 e. The van der Waals surface area contributed by atoms with Crippen LogP contribution in [0.1, 0.15) is 25.1 Å². The van der Waals surface area contributed by atoms with Gasteiger partial charge in [0.05, 0.1) is 6.54 Å². The number of rotatable bonds is 4. The van der Waals surface area contributed by atoms with E-state index in [-0.39, 0.29) is 0 Å². The Morgan fingerprint density at radius 2 is 2.46 bits per heavy atom. The van der Waals surface area contributed by atoms with Crippen molar-refractivity contribution in [1.82, 2.24) is 20.1 Å². The lowest BCUT2D eigenvalue weighted by molar-refractivity contribution is 0.300. The second kappa shape index (κ2) is 3.87. The molecule has 0 bridgehead atoms. The van der Waals surface area contributed by atoms with Crippen LogP contribution < -0.4 is 5.32 Å². The predicted molar refractivity (Wildman–Crippen MR) is 50.1 cm³/mol. The fourth-order valence-corrected chi connectivity index (χ4v) is 1.55. The van der Waals surface area contributed by atoms with Gasteiger partial charge in [-0.25, -0.2) is 4.98 Å². The van der Waals surface area contributed by atoms with Gasteiger partial charge >= 0.3 is 0 Å². The second-order valence-corrected chi connectivity index (χ2v) is 3.76. The number of aromatic nitrogens is 3. The van der Waals surface area contributed by atoms with E-state index in [0.29, 0.717) is 0 Å². The zero-order valence-corrected chi connectivity index (χ0v) is 8.03. The van der Waals surface area contributed by atoms with Gasteiger partial charge in [-0.1, -0.05) is 6.42 Å². The van der Waals surface area contributed by atoms with Crippen molar-refractivity contribution in [2.75, 3.05) is 6.54 Å². The molecule has 72 valence electrons. The summed E-state index contributed by atoms with van der Waals surface area (Å²) in [4.78, 5) is 4.15. The summed E-state index contributed by atoms with van der Waals surface area (Å²) < 4.78 is 1.74. The summed E-state index contributed by atoms with van der Waals surface area (Å²) in [5.41, 5.74) is 0. The van der Waals surface area contributed by atoms with E-state index >= 15 is 0 Å². The van der Waals surface area contributed by atoms with Gasteiger partial charge in [-0.05, 0) is 25.3 Å². The minimum Gasteiger partial charge on any atom is -0.310 e. The number of nitrogens with one attached hydrogen (secondary N) is 1. The van der Waals surface area contributed by atoms with Crippen molar-refractivity contribution in [2.24, 2.45) is 13.0 Å². The number of hydrogen-bond donors (Lipinski definition) is 1. The lowest BCUT2D eigenvalue weighted by atomic mass is 9.85. The van der Waals surface area contributed by atoms with E-state index < -0.39 is 0 Å². The Bertz CT molecular complexity index is 264. The molecule has 1 aliphatic rings. The van der Waals surface area contributed by atoms with Gasteiger partial charge in [0.25, 0.3) is 0 Å². The summed E-state index contributed by atoms with van der Waals surface area (Å²) in [6.07, 6.45) is 5.93. The molecule has 0 amide bonds. The van der Waals surface area contributed by atoms with Crippen molar-refractivity contribution in [2.45, 2.75) is 25.8 Å². The number of hydrogen-bond acceptors (Lipinski definition) is 3. The molecule has 4 heteroatoms. The van der Waals surface area contributed by atoms with Gasteiger partial charge in [0.15, 0.2) is 5.82 Å². The molecule has 0 radical (unpaired) electrons. The molecule has 4 nitrogen and oxygen atoms in total. The molecule has 0 spiro atoms. The summed E-state index contributed by atoms with van der Waals surface area (Å²) in [5, 5.41) is 7.57. The molecule has 1 saturated carbocycles. The Morgan fingerprint density at radius 3 is 3.00 bits per heavy atom. The third-order valence-electron chi connectivity index (χ3n) is 2.59. The van der Waals surface area contributed by atoms with E-state index in [2.05, 4.69) is 15.4 Å². The van der Waals surface area contributed by atoms with Crippen LogP contribution in [0, 0.1) is 5.92 Å². The van der Waals surface area contributed by atoms with Gasteiger partial charge in [-0.15, -0.1) is 0 Å². The predicted octanol–water partition coefficient (Wildman–Crippen LogP) is 0.705. The first kappa shape index (κ1) is 8.69. The topological polar surface area (TPSA) is 42.7 Å². The standard InChI is InChI=1S/C9H16N4/c1-13-7-11-9(12-13)6-10-5-8-3-2-4-8/h7-8,10H,2-6H2,1H3. The maximum Gasteiger partial charge on any atom is 0.164 e. The highest BCUT2D eigenvalue weighted by Gasteiger charge is 2.16. The highest BCUT2D eigenvalue weighted by molar-refractivity contribution is 4.81. The quantitative estimate of drug-likeness (QED) is 0.742. The zero-order valence-electron chi connectivity index (χ0n) is 8.03. The van der Waals surface area contributed by atoms with E-state index in [1.807, 2.05) is 7.05 Å². The Labute approximate surface area is 78.4 Å². The molecule has 0 saturated heterocycles. The normalized spacial score (nSPS) is 17.3. The average molecular weight is 180 g/mol. The highest BCUT2D eigenvalue weighted by atomic mass is 15.3. The molecule has 0 unspecified atom stereocenters. The zero-order chi connectivity index (χ0) is 9.10. The molecule has 1 fully saturated rings. The summed E-state index contributed by atoms with van der Waals surface area (Å²) >= 11 is 0. The van der Waals surface area contributed by atoms with E-state index in [9.17, 15) is 0 Å². The summed E-state index contributed by atoms with van der Waals surface area (Å²) in [7, 11) is 1.89. The van der Waals surface area contributed by atoms with Gasteiger partial charge in [0.1, 0.15) is 6.33 Å². The van der Waals surface area contributed by atoms with Gasteiger partial charge in [0, 0.05) is 7.05 Å². The molecule has 1 aliphatic carbocycles. The SMILES string of the molecule is Cn1cnc(CNCC2CCC2)n1. The molecule has 0 aliphatic heterocycles. The minimum absolute atomic E-state index is 0.803. The van der Waals surface area contributed by atoms with E-state index in [0.717, 1.165) is 24.8 Å². The molecular weight excluding hydrogens is 164 g/mol. The summed E-state index contributed by atoms with van der Waals surface area (Å²) in [6, 6.07) is 0. The van der Waals surface area contributed by atoms with Crippen molar-refractivity contribution in [1.29, 1.82) is 0 Å². The molecule has 2 rings (SSSR count). The Kier molecular flexibility index (Phi) is 2.59. The maximum absolute atomic E-state index is 4.19. The Morgan fingerprint density at radius 1 is 1.62 bits per heavy atom. The monoisotopic (exact) mass is 180 g/mol. The van der Waals surface area contributed by atoms with Gasteiger partial charge < -0.3 is 5.32 Å². The minimum atomic E-state index is 0.803. The first-order chi connectivity index (χ1) is 6.34. The van der Waals surface area contributed by atoms with Crippen LogP contribution >= 0.6 is 0 Å². The third-order valence-corrected chi connectivity index (χ3v) is 2.59. The van der Waals surface area contributed by atoms with Crippen molar-refractivity contribution in [3.8, 4) is 0 Å². The van der Waals surface area contributed by atoms with Crippen molar-refractivity contribution in [3.05, 3.63) is 12.2 Å². The van der Waals surface area contributed by atoms with Crippen molar-refractivity contribution < 1.29 is 0 Å². The van der Waals surface area contributed by atoms with Gasteiger partial charge in [0.2, 0.25) is 0 Å². The van der Waals surface area contributed by atoms with Gasteiger partial charge in [-0.3, -0.25) is 4.68 Å². The van der Waals surface area contributed by atoms with Crippen molar-refractivity contribution >= 4 is 0 Å². The third kappa shape index (κ3) is 2.28. The second-order valence-electron chi connectivity index (χ2n) is 3.76. The van der Waals surface area contributed by atoms with Crippen LogP contribution in [0.2, 0.25) is 0 Å². The van der Waals surface area contributed by atoms with Crippen LogP contribution in [0.15, 0.2) is 6.33 Å². The van der Waals surface area contributed by atoms with Crippen LogP contribution in [0.3, 0.4) is 0 Å².